The molecular formula is C15H21N7. The maximum Gasteiger partial charge on any atom is 0.154 e. The lowest BCUT2D eigenvalue weighted by molar-refractivity contribution is 0.421. The van der Waals surface area contributed by atoms with Crippen molar-refractivity contribution >= 4 is 5.65 Å². The van der Waals surface area contributed by atoms with Gasteiger partial charge < -0.3 is 11.5 Å². The van der Waals surface area contributed by atoms with Crippen molar-refractivity contribution in [2.45, 2.75) is 25.3 Å². The van der Waals surface area contributed by atoms with E-state index in [1.165, 1.54) is 0 Å². The molecule has 116 valence electrons. The number of nitrogens with two attached hydrogens (primary N) is 2. The number of nitrogens with zero attached hydrogens (tertiary/aromatic N) is 5. The SMILES string of the molecule is Cn1cc(-c2cnc3ccc(C(C)(N)CCCN)nn23)cn1. The highest BCUT2D eigenvalue weighted by atomic mass is 15.3. The van der Waals surface area contributed by atoms with Gasteiger partial charge in [-0.1, -0.05) is 0 Å². The Bertz CT molecular complexity index is 784. The molecule has 7 heteroatoms. The number of rotatable bonds is 5. The Balaban J connectivity index is 2.05. The van der Waals surface area contributed by atoms with E-state index in [-0.39, 0.29) is 0 Å². The first kappa shape index (κ1) is 14.7. The predicted octanol–water partition coefficient (Wildman–Crippen LogP) is 1.04. The van der Waals surface area contributed by atoms with Crippen LogP contribution in [0.1, 0.15) is 25.5 Å². The highest BCUT2D eigenvalue weighted by Crippen LogP contribution is 2.24. The number of fused-ring (bicyclic) bond motifs is 1. The van der Waals surface area contributed by atoms with Crippen molar-refractivity contribution < 1.29 is 0 Å². The Morgan fingerprint density at radius 2 is 2.09 bits per heavy atom. The van der Waals surface area contributed by atoms with Crippen LogP contribution in [0.15, 0.2) is 30.7 Å². The van der Waals surface area contributed by atoms with Crippen molar-refractivity contribution in [2.75, 3.05) is 6.54 Å². The second-order valence-electron chi connectivity index (χ2n) is 5.84. The van der Waals surface area contributed by atoms with Gasteiger partial charge >= 0.3 is 0 Å². The number of aryl methyl sites for hydroxylation is 1. The van der Waals surface area contributed by atoms with Crippen LogP contribution in [0.25, 0.3) is 16.9 Å². The number of aromatic nitrogens is 5. The Kier molecular flexibility index (Phi) is 3.67. The van der Waals surface area contributed by atoms with Crippen molar-refractivity contribution in [1.29, 1.82) is 0 Å². The summed E-state index contributed by atoms with van der Waals surface area (Å²) in [4.78, 5) is 4.39. The van der Waals surface area contributed by atoms with Crippen LogP contribution in [0.3, 0.4) is 0 Å². The van der Waals surface area contributed by atoms with Crippen molar-refractivity contribution in [2.24, 2.45) is 18.5 Å². The van der Waals surface area contributed by atoms with Gasteiger partial charge in [0.15, 0.2) is 5.65 Å². The molecule has 0 spiro atoms. The van der Waals surface area contributed by atoms with Gasteiger partial charge in [-0.3, -0.25) is 4.68 Å². The second kappa shape index (κ2) is 5.51. The fourth-order valence-corrected chi connectivity index (χ4v) is 2.53. The zero-order valence-corrected chi connectivity index (χ0v) is 12.9. The second-order valence-corrected chi connectivity index (χ2v) is 5.84. The van der Waals surface area contributed by atoms with Gasteiger partial charge in [0.2, 0.25) is 0 Å². The van der Waals surface area contributed by atoms with Gasteiger partial charge in [0.05, 0.1) is 29.3 Å². The van der Waals surface area contributed by atoms with Gasteiger partial charge in [-0.05, 0) is 38.4 Å². The van der Waals surface area contributed by atoms with E-state index in [9.17, 15) is 0 Å². The third kappa shape index (κ3) is 2.60. The molecule has 3 aromatic heterocycles. The third-order valence-electron chi connectivity index (χ3n) is 3.85. The van der Waals surface area contributed by atoms with E-state index in [2.05, 4.69) is 10.1 Å². The smallest absolute Gasteiger partial charge is 0.154 e. The molecule has 3 aromatic rings. The number of hydrogen-bond donors (Lipinski definition) is 2. The Labute approximate surface area is 128 Å². The summed E-state index contributed by atoms with van der Waals surface area (Å²) in [6.45, 7) is 2.61. The molecule has 7 nitrogen and oxygen atoms in total. The minimum atomic E-state index is -0.510. The molecule has 3 heterocycles. The summed E-state index contributed by atoms with van der Waals surface area (Å²) in [7, 11) is 1.88. The van der Waals surface area contributed by atoms with Crippen LogP contribution >= 0.6 is 0 Å². The van der Waals surface area contributed by atoms with Gasteiger partial charge in [0.1, 0.15) is 0 Å². The maximum atomic E-state index is 6.41. The van der Waals surface area contributed by atoms with Gasteiger partial charge in [-0.15, -0.1) is 0 Å². The predicted molar refractivity (Wildman–Crippen MR) is 85.0 cm³/mol. The fraction of sp³-hybridized carbons (Fsp3) is 0.400. The summed E-state index contributed by atoms with van der Waals surface area (Å²) >= 11 is 0. The summed E-state index contributed by atoms with van der Waals surface area (Å²) in [6.07, 6.45) is 7.20. The van der Waals surface area contributed by atoms with E-state index < -0.39 is 5.54 Å². The zero-order chi connectivity index (χ0) is 15.7. The highest BCUT2D eigenvalue weighted by Gasteiger charge is 2.23. The molecule has 4 N–H and O–H groups in total. The lowest BCUT2D eigenvalue weighted by Crippen LogP contribution is -2.35. The van der Waals surface area contributed by atoms with E-state index in [0.717, 1.165) is 35.4 Å². The largest absolute Gasteiger partial charge is 0.330 e. The average Bonchev–Trinajstić information content (AvgIpc) is 3.10. The first-order valence-electron chi connectivity index (χ1n) is 7.34. The van der Waals surface area contributed by atoms with E-state index in [1.807, 2.05) is 36.8 Å². The molecule has 0 saturated carbocycles. The van der Waals surface area contributed by atoms with Crippen LogP contribution in [-0.2, 0) is 12.6 Å². The lowest BCUT2D eigenvalue weighted by atomic mass is 9.93. The molecule has 0 aliphatic rings. The average molecular weight is 299 g/mol. The summed E-state index contributed by atoms with van der Waals surface area (Å²) in [5.41, 5.74) is 15.0. The monoisotopic (exact) mass is 299 g/mol. The lowest BCUT2D eigenvalue weighted by Gasteiger charge is -2.23. The third-order valence-corrected chi connectivity index (χ3v) is 3.85. The van der Waals surface area contributed by atoms with E-state index >= 15 is 0 Å². The molecule has 0 bridgehead atoms. The summed E-state index contributed by atoms with van der Waals surface area (Å²) < 4.78 is 3.58. The molecular weight excluding hydrogens is 278 g/mol. The molecule has 22 heavy (non-hydrogen) atoms. The van der Waals surface area contributed by atoms with Crippen LogP contribution in [0.5, 0.6) is 0 Å². The molecule has 0 fully saturated rings. The summed E-state index contributed by atoms with van der Waals surface area (Å²) in [6, 6.07) is 3.88. The minimum absolute atomic E-state index is 0.510. The summed E-state index contributed by atoms with van der Waals surface area (Å²) in [5, 5.41) is 8.90. The topological polar surface area (TPSA) is 100 Å². The standard InChI is InChI=1S/C15H21N7/c1-15(17,6-3-7-16)13-4-5-14-18-9-12(22(14)20-13)11-8-19-21(2)10-11/h4-5,8-10H,3,6-7,16-17H2,1-2H3. The molecule has 0 aromatic carbocycles. The van der Waals surface area contributed by atoms with Crippen LogP contribution in [-0.4, -0.2) is 30.9 Å². The highest BCUT2D eigenvalue weighted by molar-refractivity contribution is 5.61. The Morgan fingerprint density at radius 1 is 1.27 bits per heavy atom. The van der Waals surface area contributed by atoms with Crippen molar-refractivity contribution in [3.8, 4) is 11.3 Å². The van der Waals surface area contributed by atoms with E-state index in [1.54, 1.807) is 17.1 Å². The van der Waals surface area contributed by atoms with Crippen LogP contribution in [0.4, 0.5) is 0 Å². The van der Waals surface area contributed by atoms with Gasteiger partial charge in [-0.25, -0.2) is 9.50 Å². The molecule has 0 aliphatic heterocycles. The molecule has 0 aliphatic carbocycles. The number of imidazole rings is 1. The van der Waals surface area contributed by atoms with Crippen LogP contribution in [0.2, 0.25) is 0 Å². The van der Waals surface area contributed by atoms with E-state index in [4.69, 9.17) is 16.6 Å². The van der Waals surface area contributed by atoms with Crippen molar-refractivity contribution in [3.05, 3.63) is 36.4 Å². The van der Waals surface area contributed by atoms with Gasteiger partial charge in [0, 0.05) is 18.8 Å². The van der Waals surface area contributed by atoms with Crippen molar-refractivity contribution in [1.82, 2.24) is 24.4 Å². The minimum Gasteiger partial charge on any atom is -0.330 e. The van der Waals surface area contributed by atoms with Crippen LogP contribution < -0.4 is 11.5 Å². The van der Waals surface area contributed by atoms with Gasteiger partial charge in [0.25, 0.3) is 0 Å². The zero-order valence-electron chi connectivity index (χ0n) is 12.9. The van der Waals surface area contributed by atoms with E-state index in [0.29, 0.717) is 6.54 Å². The Morgan fingerprint density at radius 3 is 2.77 bits per heavy atom. The molecule has 0 saturated heterocycles. The van der Waals surface area contributed by atoms with Crippen LogP contribution in [0, 0.1) is 0 Å². The fourth-order valence-electron chi connectivity index (χ4n) is 2.53. The van der Waals surface area contributed by atoms with Crippen molar-refractivity contribution in [3.63, 3.8) is 0 Å². The molecule has 3 rings (SSSR count). The normalized spacial score (nSPS) is 14.4. The first-order valence-corrected chi connectivity index (χ1v) is 7.34. The van der Waals surface area contributed by atoms with Gasteiger partial charge in [-0.2, -0.15) is 10.2 Å². The quantitative estimate of drug-likeness (QED) is 0.733. The number of hydrogen-bond acceptors (Lipinski definition) is 5. The summed E-state index contributed by atoms with van der Waals surface area (Å²) in [5.74, 6) is 0. The Hall–Kier alpha value is -2.25. The molecule has 0 amide bonds. The molecule has 1 unspecified atom stereocenters. The molecule has 0 radical (unpaired) electrons. The maximum absolute atomic E-state index is 6.41. The molecule has 1 atom stereocenters. The first-order chi connectivity index (χ1) is 10.5.